The smallest absolute Gasteiger partial charge is 0.283 e. The lowest BCUT2D eigenvalue weighted by Crippen LogP contribution is -2.15. The Balaban J connectivity index is 1.43. The summed E-state index contributed by atoms with van der Waals surface area (Å²) >= 11 is 0. The molecule has 9 heteroatoms. The number of aromatic nitrogens is 2. The summed E-state index contributed by atoms with van der Waals surface area (Å²) in [6.45, 7) is -0.323. The van der Waals surface area contributed by atoms with Crippen LogP contribution in [0.2, 0.25) is 0 Å². The third-order valence-electron chi connectivity index (χ3n) is 6.06. The molecule has 5 aromatic rings. The van der Waals surface area contributed by atoms with E-state index in [0.29, 0.717) is 22.4 Å². The predicted molar refractivity (Wildman–Crippen MR) is 144 cm³/mol. The maximum Gasteiger partial charge on any atom is 0.283 e. The molecule has 0 saturated heterocycles. The van der Waals surface area contributed by atoms with Crippen molar-refractivity contribution in [1.82, 2.24) is 9.19 Å². The molecule has 0 N–H and O–H groups in total. The van der Waals surface area contributed by atoms with Gasteiger partial charge >= 0.3 is 0 Å². The Labute approximate surface area is 220 Å². The molecular formula is C29H24N2O6S. The lowest BCUT2D eigenvalue weighted by molar-refractivity contribution is 0.0919. The lowest BCUT2D eigenvalue weighted by Gasteiger charge is -2.07. The molecule has 0 atom stereocenters. The van der Waals surface area contributed by atoms with E-state index in [9.17, 15) is 13.2 Å². The summed E-state index contributed by atoms with van der Waals surface area (Å²) in [7, 11) is -1.06. The summed E-state index contributed by atoms with van der Waals surface area (Å²) in [4.78, 5) is 12.9. The van der Waals surface area contributed by atoms with Gasteiger partial charge in [0.05, 0.1) is 30.0 Å². The minimum atomic E-state index is -4.07. The zero-order valence-corrected chi connectivity index (χ0v) is 21.5. The number of nitrogens with zero attached hydrogens (tertiary/aromatic N) is 2. The Morgan fingerprint density at radius 3 is 2.08 bits per heavy atom. The van der Waals surface area contributed by atoms with Gasteiger partial charge < -0.3 is 14.2 Å². The Morgan fingerprint density at radius 2 is 1.42 bits per heavy atom. The highest BCUT2D eigenvalue weighted by molar-refractivity contribution is 7.90. The number of ketones is 1. The summed E-state index contributed by atoms with van der Waals surface area (Å²) in [6, 6.07) is 27.9. The predicted octanol–water partition coefficient (Wildman–Crippen LogP) is 5.22. The third-order valence-corrected chi connectivity index (χ3v) is 7.66. The second-order valence-electron chi connectivity index (χ2n) is 8.37. The van der Waals surface area contributed by atoms with Gasteiger partial charge in [0.25, 0.3) is 10.0 Å². The molecule has 1 aromatic heterocycles. The highest BCUT2D eigenvalue weighted by Crippen LogP contribution is 2.32. The third kappa shape index (κ3) is 4.83. The van der Waals surface area contributed by atoms with E-state index >= 15 is 0 Å². The molecule has 4 aromatic carbocycles. The topological polar surface area (TPSA) is 96.7 Å². The molecule has 0 amide bonds. The van der Waals surface area contributed by atoms with Crippen LogP contribution in [0.4, 0.5) is 0 Å². The minimum Gasteiger partial charge on any atom is -0.497 e. The molecule has 0 spiro atoms. The van der Waals surface area contributed by atoms with Gasteiger partial charge in [-0.05, 0) is 53.6 Å². The van der Waals surface area contributed by atoms with Gasteiger partial charge in [-0.2, -0.15) is 8.42 Å². The SMILES string of the molecule is COc1ccc(S(=O)(=O)n2nc(OCC(=O)c3ccc(-c4ccccc4)cc3)c3cc(OC)ccc32)cc1. The van der Waals surface area contributed by atoms with E-state index in [-0.39, 0.29) is 28.7 Å². The minimum absolute atomic E-state index is 0.00485. The number of hydrogen-bond donors (Lipinski definition) is 0. The average molecular weight is 529 g/mol. The van der Waals surface area contributed by atoms with Crippen molar-refractivity contribution in [3.05, 3.63) is 103 Å². The first kappa shape index (κ1) is 25.0. The van der Waals surface area contributed by atoms with Gasteiger partial charge in [-0.25, -0.2) is 0 Å². The van der Waals surface area contributed by atoms with E-state index in [1.165, 1.54) is 26.4 Å². The Hall–Kier alpha value is -4.63. The molecule has 1 heterocycles. The summed E-state index contributed by atoms with van der Waals surface area (Å²) < 4.78 is 44.0. The molecule has 0 unspecified atom stereocenters. The van der Waals surface area contributed by atoms with Crippen molar-refractivity contribution in [2.24, 2.45) is 0 Å². The Morgan fingerprint density at radius 1 is 0.789 bits per heavy atom. The maximum absolute atomic E-state index is 13.4. The quantitative estimate of drug-likeness (QED) is 0.242. The van der Waals surface area contributed by atoms with Gasteiger partial charge in [-0.15, -0.1) is 9.19 Å². The molecule has 5 rings (SSSR count). The van der Waals surface area contributed by atoms with Gasteiger partial charge in [0.2, 0.25) is 5.88 Å². The van der Waals surface area contributed by atoms with Crippen LogP contribution >= 0.6 is 0 Å². The van der Waals surface area contributed by atoms with Gasteiger partial charge in [-0.1, -0.05) is 54.6 Å². The molecule has 0 aliphatic heterocycles. The highest BCUT2D eigenvalue weighted by atomic mass is 32.2. The number of rotatable bonds is 9. The van der Waals surface area contributed by atoms with Crippen molar-refractivity contribution in [1.29, 1.82) is 0 Å². The number of hydrogen-bond acceptors (Lipinski definition) is 7. The van der Waals surface area contributed by atoms with Gasteiger partial charge in [0, 0.05) is 5.56 Å². The largest absolute Gasteiger partial charge is 0.497 e. The van der Waals surface area contributed by atoms with E-state index in [4.69, 9.17) is 14.2 Å². The summed E-state index contributed by atoms with van der Waals surface area (Å²) in [5, 5.41) is 4.64. The van der Waals surface area contributed by atoms with E-state index in [1.54, 1.807) is 42.5 Å². The molecule has 0 aliphatic carbocycles. The molecule has 0 radical (unpaired) electrons. The lowest BCUT2D eigenvalue weighted by atomic mass is 10.0. The monoisotopic (exact) mass is 528 g/mol. The van der Waals surface area contributed by atoms with E-state index in [0.717, 1.165) is 15.2 Å². The first-order chi connectivity index (χ1) is 18.4. The van der Waals surface area contributed by atoms with E-state index in [1.807, 2.05) is 42.5 Å². The van der Waals surface area contributed by atoms with Crippen molar-refractivity contribution >= 4 is 26.7 Å². The summed E-state index contributed by atoms with van der Waals surface area (Å²) in [5.41, 5.74) is 2.79. The molecule has 0 aliphatic rings. The van der Waals surface area contributed by atoms with Crippen LogP contribution in [-0.4, -0.2) is 44.2 Å². The summed E-state index contributed by atoms with van der Waals surface area (Å²) in [6.07, 6.45) is 0. The summed E-state index contributed by atoms with van der Waals surface area (Å²) in [5.74, 6) is 0.753. The van der Waals surface area contributed by atoms with Crippen LogP contribution in [-0.2, 0) is 10.0 Å². The van der Waals surface area contributed by atoms with Crippen LogP contribution < -0.4 is 14.2 Å². The van der Waals surface area contributed by atoms with Crippen molar-refractivity contribution < 1.29 is 27.4 Å². The van der Waals surface area contributed by atoms with Crippen LogP contribution in [0.5, 0.6) is 17.4 Å². The zero-order chi connectivity index (χ0) is 26.7. The molecule has 0 fully saturated rings. The zero-order valence-electron chi connectivity index (χ0n) is 20.7. The number of ether oxygens (including phenoxy) is 3. The van der Waals surface area contributed by atoms with E-state index in [2.05, 4.69) is 5.10 Å². The van der Waals surface area contributed by atoms with Gasteiger partial charge in [-0.3, -0.25) is 4.79 Å². The molecule has 0 bridgehead atoms. The van der Waals surface area contributed by atoms with Gasteiger partial charge in [0.15, 0.2) is 12.4 Å². The molecule has 0 saturated carbocycles. The second-order valence-corrected chi connectivity index (χ2v) is 10.1. The van der Waals surface area contributed by atoms with Crippen molar-refractivity contribution in [3.8, 4) is 28.5 Å². The highest BCUT2D eigenvalue weighted by Gasteiger charge is 2.25. The molecule has 192 valence electrons. The first-order valence-electron chi connectivity index (χ1n) is 11.7. The number of fused-ring (bicyclic) bond motifs is 1. The Kier molecular flexibility index (Phi) is 6.85. The number of Topliss-reactive ketones (excluding diaryl/α,β-unsaturated/α-hetero) is 1. The number of benzene rings is 4. The fraction of sp³-hybridized carbons (Fsp3) is 0.103. The fourth-order valence-corrected chi connectivity index (χ4v) is 5.28. The molecular weight excluding hydrogens is 504 g/mol. The van der Waals surface area contributed by atoms with Crippen LogP contribution in [0.15, 0.2) is 102 Å². The fourth-order valence-electron chi connectivity index (χ4n) is 4.00. The number of methoxy groups -OCH3 is 2. The first-order valence-corrected chi connectivity index (χ1v) is 13.1. The van der Waals surface area contributed by atoms with Crippen LogP contribution in [0.3, 0.4) is 0 Å². The van der Waals surface area contributed by atoms with Crippen molar-refractivity contribution in [2.75, 3.05) is 20.8 Å². The van der Waals surface area contributed by atoms with Gasteiger partial charge in [0.1, 0.15) is 11.5 Å². The Bertz CT molecular complexity index is 1690. The standard InChI is InChI=1S/C29H24N2O6S/c1-35-23-12-15-25(16-13-23)38(33,34)31-27-17-14-24(36-2)18-26(27)29(30-31)37-19-28(32)22-10-8-21(9-11-22)20-6-4-3-5-7-20/h3-18H,19H2,1-2H3. The van der Waals surface area contributed by atoms with Crippen LogP contribution in [0.25, 0.3) is 22.0 Å². The normalized spacial score (nSPS) is 11.3. The number of carbonyl (C=O) groups excluding carboxylic acids is 1. The second kappa shape index (κ2) is 10.4. The van der Waals surface area contributed by atoms with Crippen molar-refractivity contribution in [2.45, 2.75) is 4.90 Å². The number of carbonyl (C=O) groups is 1. The average Bonchev–Trinajstić information content (AvgIpc) is 3.35. The van der Waals surface area contributed by atoms with Crippen LogP contribution in [0, 0.1) is 0 Å². The maximum atomic E-state index is 13.4. The van der Waals surface area contributed by atoms with Crippen LogP contribution in [0.1, 0.15) is 10.4 Å². The van der Waals surface area contributed by atoms with E-state index < -0.39 is 10.0 Å². The molecule has 38 heavy (non-hydrogen) atoms. The van der Waals surface area contributed by atoms with Crippen molar-refractivity contribution in [3.63, 3.8) is 0 Å². The molecule has 8 nitrogen and oxygen atoms in total.